The van der Waals surface area contributed by atoms with Crippen LogP contribution in [0, 0.1) is 0 Å². The van der Waals surface area contributed by atoms with Gasteiger partial charge in [-0.1, -0.05) is 25.1 Å². The minimum absolute atomic E-state index is 0.0947. The van der Waals surface area contributed by atoms with Crippen LogP contribution in [0.4, 0.5) is 0 Å². The van der Waals surface area contributed by atoms with Gasteiger partial charge >= 0.3 is 0 Å². The molecule has 0 bridgehead atoms. The lowest BCUT2D eigenvalue weighted by atomic mass is 10.0. The van der Waals surface area contributed by atoms with Crippen molar-refractivity contribution in [3.63, 3.8) is 0 Å². The fourth-order valence-electron chi connectivity index (χ4n) is 2.08. The topological polar surface area (TPSA) is 35.2 Å². The van der Waals surface area contributed by atoms with Gasteiger partial charge in [-0.05, 0) is 36.4 Å². The zero-order chi connectivity index (χ0) is 13.0. The molecule has 0 amide bonds. The first-order chi connectivity index (χ1) is 8.77. The summed E-state index contributed by atoms with van der Waals surface area (Å²) < 4.78 is 5.65. The van der Waals surface area contributed by atoms with Crippen LogP contribution in [0.1, 0.15) is 35.9 Å². The van der Waals surface area contributed by atoms with E-state index in [0.29, 0.717) is 6.61 Å². The summed E-state index contributed by atoms with van der Waals surface area (Å²) in [6.45, 7) is 4.81. The summed E-state index contributed by atoms with van der Waals surface area (Å²) in [6, 6.07) is 10.1. The molecule has 0 radical (unpaired) electrons. The fraction of sp³-hybridized carbons (Fsp3) is 0.333. The number of rotatable bonds is 5. The first kappa shape index (κ1) is 13.1. The summed E-state index contributed by atoms with van der Waals surface area (Å²) in [6.07, 6.45) is 1.02. The maximum absolute atomic E-state index is 6.40. The van der Waals surface area contributed by atoms with Crippen molar-refractivity contribution in [2.24, 2.45) is 5.73 Å². The molecule has 1 heterocycles. The number of benzene rings is 1. The molecule has 1 aromatic heterocycles. The van der Waals surface area contributed by atoms with Gasteiger partial charge in [-0.15, -0.1) is 11.3 Å². The van der Waals surface area contributed by atoms with Crippen molar-refractivity contribution in [1.29, 1.82) is 0 Å². The van der Waals surface area contributed by atoms with E-state index in [-0.39, 0.29) is 6.04 Å². The van der Waals surface area contributed by atoms with Crippen molar-refractivity contribution in [2.75, 3.05) is 6.61 Å². The zero-order valence-electron chi connectivity index (χ0n) is 10.8. The molecule has 0 aliphatic heterocycles. The summed E-state index contributed by atoms with van der Waals surface area (Å²) in [5, 5.41) is 2.11. The molecular formula is C15H19NOS. The molecule has 0 aliphatic rings. The van der Waals surface area contributed by atoms with E-state index >= 15 is 0 Å². The van der Waals surface area contributed by atoms with E-state index < -0.39 is 0 Å². The SMILES string of the molecule is CCOc1ccccc1C(N)c1sccc1CC. The minimum Gasteiger partial charge on any atom is -0.494 e. The van der Waals surface area contributed by atoms with E-state index in [9.17, 15) is 0 Å². The smallest absolute Gasteiger partial charge is 0.124 e. The monoisotopic (exact) mass is 261 g/mol. The Bertz CT molecular complexity index is 507. The van der Waals surface area contributed by atoms with Gasteiger partial charge in [-0.25, -0.2) is 0 Å². The molecule has 18 heavy (non-hydrogen) atoms. The van der Waals surface area contributed by atoms with Gasteiger partial charge in [0.2, 0.25) is 0 Å². The highest BCUT2D eigenvalue weighted by Gasteiger charge is 2.17. The quantitative estimate of drug-likeness (QED) is 0.889. The first-order valence-corrected chi connectivity index (χ1v) is 7.19. The number of hydrogen-bond donors (Lipinski definition) is 1. The van der Waals surface area contributed by atoms with Gasteiger partial charge in [0.15, 0.2) is 0 Å². The Morgan fingerprint density at radius 3 is 2.72 bits per heavy atom. The average molecular weight is 261 g/mol. The Labute approximate surface area is 112 Å². The molecule has 0 saturated carbocycles. The molecule has 1 unspecified atom stereocenters. The molecule has 2 N–H and O–H groups in total. The highest BCUT2D eigenvalue weighted by molar-refractivity contribution is 7.10. The number of ether oxygens (including phenoxy) is 1. The lowest BCUT2D eigenvalue weighted by Crippen LogP contribution is -2.13. The maximum Gasteiger partial charge on any atom is 0.124 e. The van der Waals surface area contributed by atoms with Crippen molar-refractivity contribution in [3.8, 4) is 5.75 Å². The van der Waals surface area contributed by atoms with Crippen LogP contribution >= 0.6 is 11.3 Å². The van der Waals surface area contributed by atoms with Gasteiger partial charge in [0.05, 0.1) is 12.6 Å². The molecule has 2 nitrogen and oxygen atoms in total. The summed E-state index contributed by atoms with van der Waals surface area (Å²) >= 11 is 1.72. The Morgan fingerprint density at radius 1 is 1.22 bits per heavy atom. The predicted octanol–water partition coefficient (Wildman–Crippen LogP) is 3.76. The Hall–Kier alpha value is -1.32. The van der Waals surface area contributed by atoms with Gasteiger partial charge in [0.25, 0.3) is 0 Å². The van der Waals surface area contributed by atoms with Crippen LogP contribution in [-0.2, 0) is 6.42 Å². The van der Waals surface area contributed by atoms with E-state index in [2.05, 4.69) is 24.4 Å². The van der Waals surface area contributed by atoms with Crippen LogP contribution in [0.2, 0.25) is 0 Å². The number of hydrogen-bond acceptors (Lipinski definition) is 3. The Kier molecular flexibility index (Phi) is 4.39. The largest absolute Gasteiger partial charge is 0.494 e. The second kappa shape index (κ2) is 6.03. The van der Waals surface area contributed by atoms with Gasteiger partial charge in [-0.2, -0.15) is 0 Å². The van der Waals surface area contributed by atoms with E-state index in [1.807, 2.05) is 25.1 Å². The van der Waals surface area contributed by atoms with Crippen LogP contribution in [0.15, 0.2) is 35.7 Å². The maximum atomic E-state index is 6.40. The summed E-state index contributed by atoms with van der Waals surface area (Å²) in [7, 11) is 0. The van der Waals surface area contributed by atoms with Crippen LogP contribution in [0.5, 0.6) is 5.75 Å². The highest BCUT2D eigenvalue weighted by Crippen LogP contribution is 2.33. The third-order valence-corrected chi connectivity index (χ3v) is 4.04. The zero-order valence-corrected chi connectivity index (χ0v) is 11.7. The normalized spacial score (nSPS) is 12.4. The summed E-state index contributed by atoms with van der Waals surface area (Å²) in [5.74, 6) is 0.892. The highest BCUT2D eigenvalue weighted by atomic mass is 32.1. The molecule has 96 valence electrons. The van der Waals surface area contributed by atoms with Crippen molar-refractivity contribution in [2.45, 2.75) is 26.3 Å². The van der Waals surface area contributed by atoms with E-state index in [0.717, 1.165) is 17.7 Å². The van der Waals surface area contributed by atoms with Gasteiger partial charge in [-0.3, -0.25) is 0 Å². The number of aryl methyl sites for hydroxylation is 1. The standard InChI is InChI=1S/C15H19NOS/c1-3-11-9-10-18-15(11)14(16)12-7-5-6-8-13(12)17-4-2/h5-10,14H,3-4,16H2,1-2H3. The van der Waals surface area contributed by atoms with Gasteiger partial charge in [0.1, 0.15) is 5.75 Å². The van der Waals surface area contributed by atoms with Crippen molar-refractivity contribution < 1.29 is 4.74 Å². The van der Waals surface area contributed by atoms with Crippen LogP contribution in [0.25, 0.3) is 0 Å². The molecule has 2 rings (SSSR count). The predicted molar refractivity (Wildman–Crippen MR) is 77.3 cm³/mol. The first-order valence-electron chi connectivity index (χ1n) is 6.31. The molecule has 1 aromatic carbocycles. The Morgan fingerprint density at radius 2 is 2.00 bits per heavy atom. The van der Waals surface area contributed by atoms with Gasteiger partial charge < -0.3 is 10.5 Å². The number of thiophene rings is 1. The van der Waals surface area contributed by atoms with Crippen LogP contribution in [0.3, 0.4) is 0 Å². The molecule has 0 fully saturated rings. The van der Waals surface area contributed by atoms with E-state index in [1.54, 1.807) is 11.3 Å². The lowest BCUT2D eigenvalue weighted by Gasteiger charge is -2.16. The van der Waals surface area contributed by atoms with E-state index in [4.69, 9.17) is 10.5 Å². The van der Waals surface area contributed by atoms with Crippen molar-refractivity contribution >= 4 is 11.3 Å². The molecule has 0 saturated heterocycles. The molecule has 2 aromatic rings. The average Bonchev–Trinajstić information content (AvgIpc) is 2.87. The number of para-hydroxylation sites is 1. The third-order valence-electron chi connectivity index (χ3n) is 3.00. The molecule has 1 atom stereocenters. The molecule has 0 spiro atoms. The number of nitrogens with two attached hydrogens (primary N) is 1. The molecular weight excluding hydrogens is 242 g/mol. The summed E-state index contributed by atoms with van der Waals surface area (Å²) in [5.41, 5.74) is 8.80. The molecule has 0 aliphatic carbocycles. The fourth-order valence-corrected chi connectivity index (χ4v) is 3.09. The second-order valence-corrected chi connectivity index (χ2v) is 5.06. The minimum atomic E-state index is -0.0947. The van der Waals surface area contributed by atoms with Gasteiger partial charge in [0, 0.05) is 10.4 Å². The third kappa shape index (κ3) is 2.57. The van der Waals surface area contributed by atoms with Crippen molar-refractivity contribution in [1.82, 2.24) is 0 Å². The molecule has 3 heteroatoms. The van der Waals surface area contributed by atoms with Crippen molar-refractivity contribution in [3.05, 3.63) is 51.7 Å². The summed E-state index contributed by atoms with van der Waals surface area (Å²) in [4.78, 5) is 1.24. The Balaban J connectivity index is 2.36. The van der Waals surface area contributed by atoms with E-state index in [1.165, 1.54) is 10.4 Å². The van der Waals surface area contributed by atoms with Crippen LogP contribution in [-0.4, -0.2) is 6.61 Å². The van der Waals surface area contributed by atoms with Crippen LogP contribution < -0.4 is 10.5 Å². The lowest BCUT2D eigenvalue weighted by molar-refractivity contribution is 0.335. The second-order valence-electron chi connectivity index (χ2n) is 4.11.